The summed E-state index contributed by atoms with van der Waals surface area (Å²) in [6.45, 7) is 1.44. The smallest absolute Gasteiger partial charge is 0.537 e. The molecule has 0 unspecified atom stereocenters. The second-order valence-corrected chi connectivity index (χ2v) is 2.67. The molecule has 0 aliphatic carbocycles. The van der Waals surface area contributed by atoms with Crippen molar-refractivity contribution in [1.82, 2.24) is 0 Å². The molecule has 1 aromatic carbocycles. The predicted molar refractivity (Wildman–Crippen MR) is 55.4 cm³/mol. The van der Waals surface area contributed by atoms with Gasteiger partial charge in [0.25, 0.3) is 0 Å². The van der Waals surface area contributed by atoms with Gasteiger partial charge in [-0.05, 0) is 24.3 Å². The van der Waals surface area contributed by atoms with E-state index in [1.165, 1.54) is 0 Å². The highest BCUT2D eigenvalue weighted by Crippen LogP contribution is 2.14. The standard InChI is InChI=1S/C9H13BNO3/c1-13-7-6-11-8-2-4-9(5-3-8)14-10-12/h2-5,11-12H,6-7H2,1H3. The van der Waals surface area contributed by atoms with Crippen molar-refractivity contribution in [3.05, 3.63) is 24.3 Å². The molecule has 0 atom stereocenters. The summed E-state index contributed by atoms with van der Waals surface area (Å²) in [5.41, 5.74) is 0.993. The molecule has 0 fully saturated rings. The number of nitrogens with one attached hydrogen (secondary N) is 1. The molecule has 14 heavy (non-hydrogen) atoms. The fraction of sp³-hybridized carbons (Fsp3) is 0.333. The molecule has 0 spiro atoms. The van der Waals surface area contributed by atoms with Gasteiger partial charge in [0.05, 0.1) is 6.61 Å². The minimum atomic E-state index is 0.602. The number of anilines is 1. The molecule has 0 aliphatic rings. The van der Waals surface area contributed by atoms with E-state index in [4.69, 9.17) is 14.4 Å². The molecule has 0 bridgehead atoms. The van der Waals surface area contributed by atoms with Crippen LogP contribution in [0.3, 0.4) is 0 Å². The first-order chi connectivity index (χ1) is 6.86. The molecule has 0 aromatic heterocycles. The van der Waals surface area contributed by atoms with Gasteiger partial charge in [-0.15, -0.1) is 0 Å². The maximum Gasteiger partial charge on any atom is 0.569 e. The van der Waals surface area contributed by atoms with Crippen LogP contribution < -0.4 is 9.97 Å². The van der Waals surface area contributed by atoms with E-state index in [2.05, 4.69) is 5.32 Å². The lowest BCUT2D eigenvalue weighted by atomic mass is 10.3. The topological polar surface area (TPSA) is 50.7 Å². The van der Waals surface area contributed by atoms with E-state index >= 15 is 0 Å². The van der Waals surface area contributed by atoms with Gasteiger partial charge >= 0.3 is 7.69 Å². The van der Waals surface area contributed by atoms with Crippen LogP contribution in [0.4, 0.5) is 5.69 Å². The molecule has 1 aromatic rings. The van der Waals surface area contributed by atoms with Crippen LogP contribution in [0.25, 0.3) is 0 Å². The first-order valence-corrected chi connectivity index (χ1v) is 4.32. The summed E-state index contributed by atoms with van der Waals surface area (Å²) >= 11 is 0. The van der Waals surface area contributed by atoms with E-state index in [1.807, 2.05) is 12.1 Å². The van der Waals surface area contributed by atoms with Gasteiger partial charge in [-0.3, -0.25) is 0 Å². The van der Waals surface area contributed by atoms with Crippen LogP contribution in [0.5, 0.6) is 5.75 Å². The van der Waals surface area contributed by atoms with Gasteiger partial charge < -0.3 is 19.7 Å². The Hall–Kier alpha value is -1.20. The molecule has 0 saturated carbocycles. The van der Waals surface area contributed by atoms with E-state index in [0.717, 1.165) is 12.2 Å². The Balaban J connectivity index is 2.38. The molecular formula is C9H13BNO3. The highest BCUT2D eigenvalue weighted by atomic mass is 16.5. The minimum Gasteiger partial charge on any atom is -0.537 e. The minimum absolute atomic E-state index is 0.602. The van der Waals surface area contributed by atoms with Crippen molar-refractivity contribution >= 4 is 13.4 Å². The fourth-order valence-electron chi connectivity index (χ4n) is 1.01. The lowest BCUT2D eigenvalue weighted by molar-refractivity contribution is 0.211. The van der Waals surface area contributed by atoms with Crippen LogP contribution in [-0.4, -0.2) is 33.0 Å². The van der Waals surface area contributed by atoms with Crippen molar-refractivity contribution in [3.63, 3.8) is 0 Å². The van der Waals surface area contributed by atoms with Crippen LogP contribution in [0.15, 0.2) is 24.3 Å². The van der Waals surface area contributed by atoms with Gasteiger partial charge in [0.2, 0.25) is 0 Å². The molecule has 1 rings (SSSR count). The molecule has 1 radical (unpaired) electrons. The van der Waals surface area contributed by atoms with E-state index in [-0.39, 0.29) is 0 Å². The molecule has 0 aliphatic heterocycles. The summed E-state index contributed by atoms with van der Waals surface area (Å²) in [6.07, 6.45) is 0. The molecular weight excluding hydrogens is 181 g/mol. The number of hydrogen-bond acceptors (Lipinski definition) is 4. The summed E-state index contributed by atoms with van der Waals surface area (Å²) in [7, 11) is 2.32. The van der Waals surface area contributed by atoms with Crippen LogP contribution in [0.1, 0.15) is 0 Å². The third-order valence-corrected chi connectivity index (χ3v) is 1.68. The second kappa shape index (κ2) is 6.29. The van der Waals surface area contributed by atoms with Gasteiger partial charge in [-0.25, -0.2) is 0 Å². The van der Waals surface area contributed by atoms with Gasteiger partial charge in [0, 0.05) is 19.3 Å². The van der Waals surface area contributed by atoms with Gasteiger partial charge in [0.1, 0.15) is 5.75 Å². The highest BCUT2D eigenvalue weighted by Gasteiger charge is 1.94. The van der Waals surface area contributed by atoms with Crippen molar-refractivity contribution in [3.8, 4) is 5.75 Å². The fourth-order valence-corrected chi connectivity index (χ4v) is 1.01. The normalized spacial score (nSPS) is 9.57. The highest BCUT2D eigenvalue weighted by molar-refractivity contribution is 6.17. The Bertz CT molecular complexity index is 253. The Morgan fingerprint density at radius 2 is 2.07 bits per heavy atom. The Labute approximate surface area is 84.2 Å². The molecule has 2 N–H and O–H groups in total. The maximum absolute atomic E-state index is 8.38. The van der Waals surface area contributed by atoms with Crippen LogP contribution in [0, 0.1) is 0 Å². The summed E-state index contributed by atoms with van der Waals surface area (Å²) in [4.78, 5) is 0. The largest absolute Gasteiger partial charge is 0.569 e. The van der Waals surface area contributed by atoms with Gasteiger partial charge in [-0.1, -0.05) is 0 Å². The molecule has 0 amide bonds. The van der Waals surface area contributed by atoms with Crippen molar-refractivity contribution in [1.29, 1.82) is 0 Å². The summed E-state index contributed by atoms with van der Waals surface area (Å²) in [5.74, 6) is 0.602. The van der Waals surface area contributed by atoms with E-state index in [0.29, 0.717) is 20.0 Å². The van der Waals surface area contributed by atoms with Gasteiger partial charge in [-0.2, -0.15) is 0 Å². The van der Waals surface area contributed by atoms with Crippen LogP contribution >= 0.6 is 0 Å². The van der Waals surface area contributed by atoms with Gasteiger partial charge in [0.15, 0.2) is 0 Å². The molecule has 4 nitrogen and oxygen atoms in total. The zero-order valence-electron chi connectivity index (χ0n) is 8.06. The number of rotatable bonds is 6. The predicted octanol–water partition coefficient (Wildman–Crippen LogP) is 0.650. The summed E-state index contributed by atoms with van der Waals surface area (Å²) in [5, 5.41) is 11.5. The quantitative estimate of drug-likeness (QED) is 0.515. The van der Waals surface area contributed by atoms with Crippen molar-refractivity contribution in [2.75, 3.05) is 25.6 Å². The number of benzene rings is 1. The van der Waals surface area contributed by atoms with E-state index < -0.39 is 0 Å². The molecule has 75 valence electrons. The van der Waals surface area contributed by atoms with E-state index in [1.54, 1.807) is 19.2 Å². The molecule has 0 heterocycles. The lowest BCUT2D eigenvalue weighted by Crippen LogP contribution is -2.07. The molecule has 5 heteroatoms. The maximum atomic E-state index is 8.38. The van der Waals surface area contributed by atoms with Crippen molar-refractivity contribution < 1.29 is 14.4 Å². The van der Waals surface area contributed by atoms with Crippen LogP contribution in [-0.2, 0) is 4.74 Å². The lowest BCUT2D eigenvalue weighted by Gasteiger charge is -2.06. The average molecular weight is 194 g/mol. The number of ether oxygens (including phenoxy) is 1. The second-order valence-electron chi connectivity index (χ2n) is 2.67. The zero-order chi connectivity index (χ0) is 10.2. The first kappa shape index (κ1) is 10.9. The Morgan fingerprint density at radius 1 is 1.36 bits per heavy atom. The monoisotopic (exact) mass is 194 g/mol. The zero-order valence-corrected chi connectivity index (χ0v) is 8.06. The number of methoxy groups -OCH3 is 1. The Kier molecular flexibility index (Phi) is 4.89. The molecule has 0 saturated heterocycles. The third-order valence-electron chi connectivity index (χ3n) is 1.68. The number of hydrogen-bond donors (Lipinski definition) is 2. The SMILES string of the molecule is COCCNc1ccc(O[B]O)cc1. The average Bonchev–Trinajstić information content (AvgIpc) is 2.21. The Morgan fingerprint density at radius 3 is 2.64 bits per heavy atom. The van der Waals surface area contributed by atoms with E-state index in [9.17, 15) is 0 Å². The van der Waals surface area contributed by atoms with Crippen molar-refractivity contribution in [2.45, 2.75) is 0 Å². The van der Waals surface area contributed by atoms with Crippen LogP contribution in [0.2, 0.25) is 0 Å². The summed E-state index contributed by atoms with van der Waals surface area (Å²) < 4.78 is 9.67. The first-order valence-electron chi connectivity index (χ1n) is 4.32. The summed E-state index contributed by atoms with van der Waals surface area (Å²) in [6, 6.07) is 7.27. The third kappa shape index (κ3) is 3.68. The van der Waals surface area contributed by atoms with Crippen molar-refractivity contribution in [2.24, 2.45) is 0 Å².